The first-order valence-corrected chi connectivity index (χ1v) is 11.1. The molecule has 1 aromatic heterocycles. The molecule has 2 heterocycles. The highest BCUT2D eigenvalue weighted by molar-refractivity contribution is 6.21. The number of benzene rings is 2. The molecule has 0 saturated carbocycles. The number of amides is 4. The van der Waals surface area contributed by atoms with Gasteiger partial charge >= 0.3 is 6.03 Å². The number of hydrogen-bond donors (Lipinski definition) is 3. The van der Waals surface area contributed by atoms with Gasteiger partial charge in [-0.15, -0.1) is 0 Å². The molecule has 172 valence electrons. The van der Waals surface area contributed by atoms with Gasteiger partial charge in [0.25, 0.3) is 5.91 Å². The molecule has 0 unspecified atom stereocenters. The predicted molar refractivity (Wildman–Crippen MR) is 125 cm³/mol. The molecule has 8 heteroatoms. The van der Waals surface area contributed by atoms with Crippen molar-refractivity contribution in [2.45, 2.75) is 45.1 Å². The lowest BCUT2D eigenvalue weighted by Crippen LogP contribution is -2.33. The molecule has 1 fully saturated rings. The lowest BCUT2D eigenvalue weighted by molar-refractivity contribution is -0.121. The summed E-state index contributed by atoms with van der Waals surface area (Å²) >= 11 is 0. The van der Waals surface area contributed by atoms with Crippen LogP contribution in [-0.4, -0.2) is 35.4 Å². The summed E-state index contributed by atoms with van der Waals surface area (Å²) in [6.45, 7) is 4.54. The first-order valence-electron chi connectivity index (χ1n) is 11.1. The topological polar surface area (TPSA) is 94.3 Å². The van der Waals surface area contributed by atoms with Gasteiger partial charge in [0.05, 0.1) is 5.69 Å². The molecule has 1 saturated heterocycles. The van der Waals surface area contributed by atoms with E-state index in [0.717, 1.165) is 26.9 Å². The summed E-state index contributed by atoms with van der Waals surface area (Å²) in [4.78, 5) is 41.6. The van der Waals surface area contributed by atoms with Crippen molar-refractivity contribution in [2.24, 2.45) is 0 Å². The molecule has 0 bridgehead atoms. The Kier molecular flexibility index (Phi) is 6.44. The van der Waals surface area contributed by atoms with Crippen molar-refractivity contribution >= 4 is 34.4 Å². The van der Waals surface area contributed by atoms with Crippen LogP contribution in [0.1, 0.15) is 43.7 Å². The molecule has 33 heavy (non-hydrogen) atoms. The van der Waals surface area contributed by atoms with Crippen molar-refractivity contribution in [1.29, 1.82) is 0 Å². The minimum atomic E-state index is -0.732. The van der Waals surface area contributed by atoms with Crippen LogP contribution < -0.4 is 15.5 Å². The van der Waals surface area contributed by atoms with E-state index < -0.39 is 12.1 Å². The van der Waals surface area contributed by atoms with Crippen LogP contribution in [-0.2, 0) is 16.0 Å². The van der Waals surface area contributed by atoms with Crippen molar-refractivity contribution in [1.82, 2.24) is 15.6 Å². The summed E-state index contributed by atoms with van der Waals surface area (Å²) in [6.07, 6.45) is 2.69. The maximum atomic E-state index is 13.5. The van der Waals surface area contributed by atoms with E-state index in [1.54, 1.807) is 18.2 Å². The van der Waals surface area contributed by atoms with Crippen LogP contribution in [0.25, 0.3) is 10.9 Å². The van der Waals surface area contributed by atoms with Crippen molar-refractivity contribution in [3.05, 3.63) is 65.6 Å². The fourth-order valence-corrected chi connectivity index (χ4v) is 4.04. The van der Waals surface area contributed by atoms with Gasteiger partial charge < -0.3 is 15.6 Å². The average Bonchev–Trinajstić information content (AvgIpc) is 3.31. The Morgan fingerprint density at radius 2 is 1.91 bits per heavy atom. The molecule has 4 amide bonds. The summed E-state index contributed by atoms with van der Waals surface area (Å²) in [5.41, 5.74) is 3.40. The number of fused-ring (bicyclic) bond motifs is 1. The van der Waals surface area contributed by atoms with Gasteiger partial charge in [0.2, 0.25) is 5.91 Å². The number of hydrogen-bond acceptors (Lipinski definition) is 3. The summed E-state index contributed by atoms with van der Waals surface area (Å²) < 4.78 is 13.5. The molecule has 0 spiro atoms. The Bertz CT molecular complexity index is 1190. The number of rotatable bonds is 8. The molecule has 4 rings (SSSR count). The van der Waals surface area contributed by atoms with Gasteiger partial charge in [-0.25, -0.2) is 14.1 Å². The summed E-state index contributed by atoms with van der Waals surface area (Å²) in [6, 6.07) is 10.7. The van der Waals surface area contributed by atoms with Crippen molar-refractivity contribution in [3.63, 3.8) is 0 Å². The maximum Gasteiger partial charge on any atom is 0.329 e. The predicted octanol–water partition coefficient (Wildman–Crippen LogP) is 3.99. The molecule has 3 aromatic rings. The highest BCUT2D eigenvalue weighted by Gasteiger charge is 2.38. The lowest BCUT2D eigenvalue weighted by atomic mass is 10.0. The third kappa shape index (κ3) is 4.89. The van der Waals surface area contributed by atoms with Crippen LogP contribution in [0.3, 0.4) is 0 Å². The molecule has 1 atom stereocenters. The Labute approximate surface area is 191 Å². The number of anilines is 1. The lowest BCUT2D eigenvalue weighted by Gasteiger charge is -2.14. The van der Waals surface area contributed by atoms with Gasteiger partial charge in [0.15, 0.2) is 0 Å². The molecular weight excluding hydrogens is 423 g/mol. The normalized spacial score (nSPS) is 16.0. The Hall–Kier alpha value is -3.68. The van der Waals surface area contributed by atoms with Crippen LogP contribution in [0.2, 0.25) is 0 Å². The van der Waals surface area contributed by atoms with E-state index in [2.05, 4.69) is 29.5 Å². The maximum absolute atomic E-state index is 13.5. The van der Waals surface area contributed by atoms with Crippen molar-refractivity contribution < 1.29 is 18.8 Å². The number of nitrogens with one attached hydrogen (secondary N) is 3. The minimum absolute atomic E-state index is 0.110. The Morgan fingerprint density at radius 1 is 1.15 bits per heavy atom. The molecular formula is C25H27FN4O3. The number of aromatic nitrogens is 1. The highest BCUT2D eigenvalue weighted by Crippen LogP contribution is 2.24. The SMILES string of the molecule is CC(C)c1ccc(N2C(=O)N[C@H](CCC(=O)NCCc3c[nH]c4ccc(F)cc34)C2=O)cc1. The zero-order chi connectivity index (χ0) is 23.5. The van der Waals surface area contributed by atoms with Crippen molar-refractivity contribution in [2.75, 3.05) is 11.4 Å². The number of urea groups is 1. The first-order chi connectivity index (χ1) is 15.8. The number of carbonyl (C=O) groups is 3. The Morgan fingerprint density at radius 3 is 2.64 bits per heavy atom. The molecule has 1 aliphatic heterocycles. The second-order valence-electron chi connectivity index (χ2n) is 8.56. The van der Waals surface area contributed by atoms with Crippen LogP contribution in [0.15, 0.2) is 48.7 Å². The third-order valence-corrected chi connectivity index (χ3v) is 5.94. The molecule has 7 nitrogen and oxygen atoms in total. The van der Waals surface area contributed by atoms with Gasteiger partial charge in [-0.05, 0) is 60.2 Å². The molecule has 0 radical (unpaired) electrons. The summed E-state index contributed by atoms with van der Waals surface area (Å²) in [5.74, 6) is -0.514. The van der Waals surface area contributed by atoms with E-state index in [0.29, 0.717) is 24.6 Å². The fourth-order valence-electron chi connectivity index (χ4n) is 4.04. The fraction of sp³-hybridized carbons (Fsp3) is 0.320. The molecule has 2 aromatic carbocycles. The largest absolute Gasteiger partial charge is 0.361 e. The Balaban J connectivity index is 1.27. The van der Waals surface area contributed by atoms with Crippen LogP contribution in [0.4, 0.5) is 14.9 Å². The molecule has 0 aliphatic carbocycles. The van der Waals surface area contributed by atoms with Gasteiger partial charge in [0.1, 0.15) is 11.9 Å². The summed E-state index contributed by atoms with van der Waals surface area (Å²) in [5, 5.41) is 6.29. The zero-order valence-electron chi connectivity index (χ0n) is 18.7. The number of H-pyrrole nitrogens is 1. The number of carbonyl (C=O) groups excluding carboxylic acids is 3. The molecule has 1 aliphatic rings. The second-order valence-corrected chi connectivity index (χ2v) is 8.56. The average molecular weight is 451 g/mol. The smallest absolute Gasteiger partial charge is 0.329 e. The number of halogens is 1. The van der Waals surface area contributed by atoms with E-state index >= 15 is 0 Å². The van der Waals surface area contributed by atoms with E-state index in [9.17, 15) is 18.8 Å². The van der Waals surface area contributed by atoms with Crippen molar-refractivity contribution in [3.8, 4) is 0 Å². The zero-order valence-corrected chi connectivity index (χ0v) is 18.7. The van der Waals surface area contributed by atoms with E-state index in [4.69, 9.17) is 0 Å². The number of imide groups is 1. The van der Waals surface area contributed by atoms with E-state index in [-0.39, 0.29) is 30.5 Å². The number of aromatic amines is 1. The third-order valence-electron chi connectivity index (χ3n) is 5.94. The van der Waals surface area contributed by atoms with E-state index in [1.165, 1.54) is 12.1 Å². The molecule has 3 N–H and O–H groups in total. The van der Waals surface area contributed by atoms with Gasteiger partial charge in [-0.2, -0.15) is 0 Å². The van der Waals surface area contributed by atoms with Gasteiger partial charge in [-0.3, -0.25) is 9.59 Å². The second kappa shape index (κ2) is 9.44. The monoisotopic (exact) mass is 450 g/mol. The van der Waals surface area contributed by atoms with E-state index in [1.807, 2.05) is 18.3 Å². The standard InChI is InChI=1S/C25H27FN4O3/c1-15(2)16-3-6-19(7-4-16)30-24(32)22(29-25(30)33)9-10-23(31)27-12-11-17-14-28-21-8-5-18(26)13-20(17)21/h3-8,13-15,22,28H,9-12H2,1-2H3,(H,27,31)(H,29,33)/t22-/m1/s1. The van der Waals surface area contributed by atoms with Gasteiger partial charge in [0, 0.05) is 30.1 Å². The quantitative estimate of drug-likeness (QED) is 0.453. The first kappa shape index (κ1) is 22.5. The van der Waals surface area contributed by atoms with Crippen LogP contribution >= 0.6 is 0 Å². The number of nitrogens with zero attached hydrogens (tertiary/aromatic N) is 1. The van der Waals surface area contributed by atoms with Crippen LogP contribution in [0.5, 0.6) is 0 Å². The minimum Gasteiger partial charge on any atom is -0.361 e. The highest BCUT2D eigenvalue weighted by atomic mass is 19.1. The summed E-state index contributed by atoms with van der Waals surface area (Å²) in [7, 11) is 0. The van der Waals surface area contributed by atoms with Crippen LogP contribution in [0, 0.1) is 5.82 Å². The van der Waals surface area contributed by atoms with Gasteiger partial charge in [-0.1, -0.05) is 26.0 Å².